The number of para-hydroxylation sites is 1. The van der Waals surface area contributed by atoms with Crippen molar-refractivity contribution in [3.8, 4) is 0 Å². The van der Waals surface area contributed by atoms with Gasteiger partial charge in [0.05, 0.1) is 5.88 Å². The van der Waals surface area contributed by atoms with Crippen LogP contribution in [0.3, 0.4) is 0 Å². The minimum absolute atomic E-state index is 0.250. The summed E-state index contributed by atoms with van der Waals surface area (Å²) in [5.41, 5.74) is 2.75. The largest absolute Gasteiger partial charge is 0.456 e. The number of aryl methyl sites for hydroxylation is 2. The average molecular weight is 278 g/mol. The van der Waals surface area contributed by atoms with Gasteiger partial charge >= 0.3 is 0 Å². The molecule has 2 rings (SSSR count). The molecule has 2 aromatic rings. The van der Waals surface area contributed by atoms with Crippen LogP contribution < -0.4 is 5.32 Å². The SMILES string of the molecule is CCc1ccccc1NC(=O)c1cc(CCl)c(C)o1. The van der Waals surface area contributed by atoms with E-state index < -0.39 is 0 Å². The lowest BCUT2D eigenvalue weighted by Gasteiger charge is -2.08. The Morgan fingerprint density at radius 1 is 1.32 bits per heavy atom. The number of furan rings is 1. The smallest absolute Gasteiger partial charge is 0.291 e. The van der Waals surface area contributed by atoms with E-state index >= 15 is 0 Å². The van der Waals surface area contributed by atoms with Crippen LogP contribution in [-0.2, 0) is 12.3 Å². The third-order valence-corrected chi connectivity index (χ3v) is 3.32. The van der Waals surface area contributed by atoms with Gasteiger partial charge in [-0.05, 0) is 31.0 Å². The molecule has 1 aromatic carbocycles. The van der Waals surface area contributed by atoms with E-state index in [1.54, 1.807) is 13.0 Å². The molecule has 3 nitrogen and oxygen atoms in total. The third-order valence-electron chi connectivity index (χ3n) is 3.03. The van der Waals surface area contributed by atoms with Gasteiger partial charge in [0.25, 0.3) is 5.91 Å². The summed E-state index contributed by atoms with van der Waals surface area (Å²) in [7, 11) is 0. The number of benzene rings is 1. The summed E-state index contributed by atoms with van der Waals surface area (Å²) in [5.74, 6) is 1.07. The molecule has 1 amide bonds. The number of hydrogen-bond donors (Lipinski definition) is 1. The van der Waals surface area contributed by atoms with Crippen LogP contribution in [-0.4, -0.2) is 5.91 Å². The summed E-state index contributed by atoms with van der Waals surface area (Å²) < 4.78 is 5.42. The molecule has 1 aromatic heterocycles. The van der Waals surface area contributed by atoms with Crippen molar-refractivity contribution in [2.75, 3.05) is 5.32 Å². The van der Waals surface area contributed by atoms with Crippen molar-refractivity contribution < 1.29 is 9.21 Å². The first-order valence-corrected chi connectivity index (χ1v) is 6.73. The molecule has 0 saturated carbocycles. The fraction of sp³-hybridized carbons (Fsp3) is 0.267. The molecule has 1 heterocycles. The highest BCUT2D eigenvalue weighted by Crippen LogP contribution is 2.20. The van der Waals surface area contributed by atoms with Gasteiger partial charge in [0.2, 0.25) is 0 Å². The maximum atomic E-state index is 12.1. The van der Waals surface area contributed by atoms with Gasteiger partial charge < -0.3 is 9.73 Å². The van der Waals surface area contributed by atoms with E-state index in [-0.39, 0.29) is 5.91 Å². The lowest BCUT2D eigenvalue weighted by molar-refractivity contribution is 0.0995. The number of alkyl halides is 1. The molecule has 0 aliphatic rings. The van der Waals surface area contributed by atoms with E-state index in [9.17, 15) is 4.79 Å². The van der Waals surface area contributed by atoms with Crippen LogP contribution in [0.2, 0.25) is 0 Å². The molecule has 0 radical (unpaired) electrons. The molecule has 1 N–H and O–H groups in total. The van der Waals surface area contributed by atoms with E-state index in [1.165, 1.54) is 0 Å². The second-order valence-corrected chi connectivity index (χ2v) is 4.56. The molecule has 0 fully saturated rings. The average Bonchev–Trinajstić information content (AvgIpc) is 2.80. The number of nitrogens with one attached hydrogen (secondary N) is 1. The van der Waals surface area contributed by atoms with Gasteiger partial charge in [-0.15, -0.1) is 11.6 Å². The first-order valence-electron chi connectivity index (χ1n) is 6.20. The Bertz CT molecular complexity index is 590. The highest BCUT2D eigenvalue weighted by Gasteiger charge is 2.15. The van der Waals surface area contributed by atoms with Crippen LogP contribution in [0.4, 0.5) is 5.69 Å². The van der Waals surface area contributed by atoms with Crippen molar-refractivity contribution in [3.05, 3.63) is 53.0 Å². The topological polar surface area (TPSA) is 42.2 Å². The molecule has 0 saturated heterocycles. The lowest BCUT2D eigenvalue weighted by Crippen LogP contribution is -2.12. The fourth-order valence-electron chi connectivity index (χ4n) is 1.90. The highest BCUT2D eigenvalue weighted by atomic mass is 35.5. The van der Waals surface area contributed by atoms with Gasteiger partial charge in [0.15, 0.2) is 5.76 Å². The summed E-state index contributed by atoms with van der Waals surface area (Å²) in [4.78, 5) is 12.1. The first-order chi connectivity index (χ1) is 9.15. The van der Waals surface area contributed by atoms with Gasteiger partial charge in [0.1, 0.15) is 5.76 Å². The van der Waals surface area contributed by atoms with Crippen molar-refractivity contribution >= 4 is 23.2 Å². The number of amides is 1. The molecule has 0 unspecified atom stereocenters. The fourth-order valence-corrected chi connectivity index (χ4v) is 2.16. The third kappa shape index (κ3) is 2.99. The monoisotopic (exact) mass is 277 g/mol. The van der Waals surface area contributed by atoms with E-state index in [0.29, 0.717) is 17.4 Å². The predicted molar refractivity (Wildman–Crippen MR) is 76.8 cm³/mol. The Hall–Kier alpha value is -1.74. The summed E-state index contributed by atoms with van der Waals surface area (Å²) in [6.45, 7) is 3.85. The second-order valence-electron chi connectivity index (χ2n) is 4.29. The van der Waals surface area contributed by atoms with E-state index in [1.807, 2.05) is 31.2 Å². The van der Waals surface area contributed by atoms with E-state index in [2.05, 4.69) is 5.32 Å². The zero-order chi connectivity index (χ0) is 13.8. The Kier molecular flexibility index (Phi) is 4.27. The molecule has 19 heavy (non-hydrogen) atoms. The molecule has 4 heteroatoms. The quantitative estimate of drug-likeness (QED) is 0.854. The molecule has 0 bridgehead atoms. The van der Waals surface area contributed by atoms with Crippen molar-refractivity contribution in [1.82, 2.24) is 0 Å². The number of anilines is 1. The molecule has 100 valence electrons. The van der Waals surface area contributed by atoms with Gasteiger partial charge in [-0.3, -0.25) is 4.79 Å². The van der Waals surface area contributed by atoms with Crippen molar-refractivity contribution in [1.29, 1.82) is 0 Å². The Morgan fingerprint density at radius 3 is 2.68 bits per heavy atom. The van der Waals surface area contributed by atoms with Gasteiger partial charge in [-0.1, -0.05) is 25.1 Å². The maximum absolute atomic E-state index is 12.1. The zero-order valence-electron chi connectivity index (χ0n) is 11.0. The minimum Gasteiger partial charge on any atom is -0.456 e. The highest BCUT2D eigenvalue weighted by molar-refractivity contribution is 6.17. The number of carbonyl (C=O) groups is 1. The zero-order valence-corrected chi connectivity index (χ0v) is 11.8. The number of halogens is 1. The van der Waals surface area contributed by atoms with Crippen LogP contribution in [0.5, 0.6) is 0 Å². The van der Waals surface area contributed by atoms with Crippen molar-refractivity contribution in [2.45, 2.75) is 26.1 Å². The summed E-state index contributed by atoms with van der Waals surface area (Å²) in [6, 6.07) is 9.41. The summed E-state index contributed by atoms with van der Waals surface area (Å²) >= 11 is 5.77. The van der Waals surface area contributed by atoms with E-state index in [0.717, 1.165) is 23.2 Å². The molecule has 0 spiro atoms. The van der Waals surface area contributed by atoms with Crippen LogP contribution in [0.25, 0.3) is 0 Å². The van der Waals surface area contributed by atoms with Crippen LogP contribution in [0.15, 0.2) is 34.7 Å². The normalized spacial score (nSPS) is 10.5. The van der Waals surface area contributed by atoms with Crippen LogP contribution in [0.1, 0.15) is 34.4 Å². The van der Waals surface area contributed by atoms with Crippen molar-refractivity contribution in [2.24, 2.45) is 0 Å². The maximum Gasteiger partial charge on any atom is 0.291 e. The van der Waals surface area contributed by atoms with Crippen LogP contribution in [0, 0.1) is 6.92 Å². The Balaban J connectivity index is 2.20. The number of rotatable bonds is 4. The van der Waals surface area contributed by atoms with Crippen LogP contribution >= 0.6 is 11.6 Å². The van der Waals surface area contributed by atoms with Crippen molar-refractivity contribution in [3.63, 3.8) is 0 Å². The number of hydrogen-bond acceptors (Lipinski definition) is 2. The Morgan fingerprint density at radius 2 is 2.05 bits per heavy atom. The molecular formula is C15H16ClNO2. The predicted octanol–water partition coefficient (Wildman–Crippen LogP) is 4.14. The minimum atomic E-state index is -0.250. The molecule has 0 atom stereocenters. The summed E-state index contributed by atoms with van der Waals surface area (Å²) in [5, 5.41) is 2.87. The first kappa shape index (κ1) is 13.7. The van der Waals surface area contributed by atoms with Gasteiger partial charge in [-0.25, -0.2) is 0 Å². The number of carbonyl (C=O) groups excluding carboxylic acids is 1. The second kappa shape index (κ2) is 5.93. The van der Waals surface area contributed by atoms with E-state index in [4.69, 9.17) is 16.0 Å². The molecule has 0 aliphatic heterocycles. The Labute approximate surface area is 117 Å². The van der Waals surface area contributed by atoms with Gasteiger partial charge in [-0.2, -0.15) is 0 Å². The molecular weight excluding hydrogens is 262 g/mol. The molecule has 0 aliphatic carbocycles. The van der Waals surface area contributed by atoms with Gasteiger partial charge in [0, 0.05) is 11.3 Å². The standard InChI is InChI=1S/C15H16ClNO2/c1-3-11-6-4-5-7-13(11)17-15(18)14-8-12(9-16)10(2)19-14/h4-8H,3,9H2,1-2H3,(H,17,18). The lowest BCUT2D eigenvalue weighted by atomic mass is 10.1. The summed E-state index contributed by atoms with van der Waals surface area (Å²) in [6.07, 6.45) is 0.862.